The van der Waals surface area contributed by atoms with Crippen LogP contribution in [-0.4, -0.2) is 49.9 Å². The summed E-state index contributed by atoms with van der Waals surface area (Å²) in [5.41, 5.74) is 4.14. The fourth-order valence-electron chi connectivity index (χ4n) is 5.90. The highest BCUT2D eigenvalue weighted by molar-refractivity contribution is 7.93. The molecule has 1 aliphatic heterocycles. The van der Waals surface area contributed by atoms with E-state index in [4.69, 9.17) is 0 Å². The Labute approximate surface area is 246 Å². The second kappa shape index (κ2) is 13.5. The highest BCUT2D eigenvalue weighted by Gasteiger charge is 2.35. The van der Waals surface area contributed by atoms with Crippen molar-refractivity contribution < 1.29 is 8.42 Å². The SMILES string of the molecule is Cc1ccccc1S(=O)(=O)N(c1ccccc1)C1CCN(C[C@H](C)N(Cc2ccccc2)Cc2ccccc2)CC1. The standard InChI is InChI=1S/C35H41N3O2S/c1-29-14-12-13-21-35(29)41(39,40)38(33-19-10-5-11-20-33)34-22-24-36(25-23-34)26-30(2)37(27-31-15-6-3-7-16-31)28-32-17-8-4-9-18-32/h3-21,30,34H,22-28H2,1-2H3/t30-/m0/s1. The van der Waals surface area contributed by atoms with Gasteiger partial charge in [-0.3, -0.25) is 9.21 Å². The maximum atomic E-state index is 14.1. The van der Waals surface area contributed by atoms with Crippen molar-refractivity contribution in [1.82, 2.24) is 9.80 Å². The van der Waals surface area contributed by atoms with Crippen LogP contribution in [0.5, 0.6) is 0 Å². The zero-order chi connectivity index (χ0) is 28.7. The third-order valence-electron chi connectivity index (χ3n) is 8.13. The number of hydrogen-bond donors (Lipinski definition) is 0. The number of likely N-dealkylation sites (tertiary alicyclic amines) is 1. The molecule has 1 aliphatic rings. The summed E-state index contributed by atoms with van der Waals surface area (Å²) in [6.07, 6.45) is 1.59. The number of hydrogen-bond acceptors (Lipinski definition) is 4. The van der Waals surface area contributed by atoms with Gasteiger partial charge >= 0.3 is 0 Å². The van der Waals surface area contributed by atoms with Crippen LogP contribution in [0.25, 0.3) is 0 Å². The van der Waals surface area contributed by atoms with Crippen molar-refractivity contribution in [2.75, 3.05) is 23.9 Å². The molecule has 6 heteroatoms. The van der Waals surface area contributed by atoms with Crippen LogP contribution in [0.4, 0.5) is 5.69 Å². The van der Waals surface area contributed by atoms with Gasteiger partial charge in [-0.1, -0.05) is 97.1 Å². The molecule has 0 spiro atoms. The van der Waals surface area contributed by atoms with Crippen LogP contribution in [0.2, 0.25) is 0 Å². The van der Waals surface area contributed by atoms with Gasteiger partial charge in [-0.25, -0.2) is 8.42 Å². The highest BCUT2D eigenvalue weighted by Crippen LogP contribution is 2.31. The third kappa shape index (κ3) is 7.25. The first kappa shape index (κ1) is 29.1. The summed E-state index contributed by atoms with van der Waals surface area (Å²) < 4.78 is 29.8. The molecule has 0 saturated carbocycles. The molecule has 5 rings (SSSR count). The average molecular weight is 568 g/mol. The number of para-hydroxylation sites is 1. The van der Waals surface area contributed by atoms with Crippen LogP contribution in [0.15, 0.2) is 120 Å². The molecule has 214 valence electrons. The van der Waals surface area contributed by atoms with E-state index in [1.54, 1.807) is 10.4 Å². The van der Waals surface area contributed by atoms with Crippen molar-refractivity contribution in [1.29, 1.82) is 0 Å². The van der Waals surface area contributed by atoms with Gasteiger partial charge in [0.1, 0.15) is 0 Å². The molecule has 0 amide bonds. The van der Waals surface area contributed by atoms with Crippen LogP contribution in [0.1, 0.15) is 36.5 Å². The van der Waals surface area contributed by atoms with E-state index in [1.807, 2.05) is 55.5 Å². The third-order valence-corrected chi connectivity index (χ3v) is 10.2. The molecular weight excluding hydrogens is 526 g/mol. The molecule has 1 heterocycles. The van der Waals surface area contributed by atoms with Gasteiger partial charge in [0.15, 0.2) is 0 Å². The minimum Gasteiger partial charge on any atom is -0.302 e. The number of nitrogens with zero attached hydrogens (tertiary/aromatic N) is 3. The molecule has 1 atom stereocenters. The summed E-state index contributed by atoms with van der Waals surface area (Å²) in [7, 11) is -3.70. The van der Waals surface area contributed by atoms with Gasteiger partial charge in [0.05, 0.1) is 10.6 Å². The molecule has 0 aliphatic carbocycles. The summed E-state index contributed by atoms with van der Waals surface area (Å²) in [5.74, 6) is 0. The Morgan fingerprint density at radius 2 is 1.22 bits per heavy atom. The quantitative estimate of drug-likeness (QED) is 0.201. The summed E-state index contributed by atoms with van der Waals surface area (Å²) in [4.78, 5) is 5.45. The maximum absolute atomic E-state index is 14.1. The lowest BCUT2D eigenvalue weighted by Gasteiger charge is -2.41. The topological polar surface area (TPSA) is 43.9 Å². The fourth-order valence-corrected chi connectivity index (χ4v) is 7.84. The number of rotatable bonds is 11. The van der Waals surface area contributed by atoms with E-state index < -0.39 is 10.0 Å². The monoisotopic (exact) mass is 567 g/mol. The molecule has 0 unspecified atom stereocenters. The first-order chi connectivity index (χ1) is 19.9. The molecule has 0 bridgehead atoms. The van der Waals surface area contributed by atoms with Gasteiger partial charge in [0.25, 0.3) is 10.0 Å². The van der Waals surface area contributed by atoms with Gasteiger partial charge in [-0.2, -0.15) is 0 Å². The largest absolute Gasteiger partial charge is 0.302 e. The van der Waals surface area contributed by atoms with Crippen molar-refractivity contribution in [3.63, 3.8) is 0 Å². The molecule has 1 saturated heterocycles. The Morgan fingerprint density at radius 3 is 1.76 bits per heavy atom. The predicted octanol–water partition coefficient (Wildman–Crippen LogP) is 6.75. The number of sulfonamides is 1. The van der Waals surface area contributed by atoms with E-state index in [0.717, 1.165) is 56.8 Å². The minimum absolute atomic E-state index is 0.0849. The lowest BCUT2D eigenvalue weighted by molar-refractivity contribution is 0.119. The van der Waals surface area contributed by atoms with Crippen molar-refractivity contribution in [2.45, 2.75) is 56.8 Å². The van der Waals surface area contributed by atoms with Crippen LogP contribution in [-0.2, 0) is 23.1 Å². The van der Waals surface area contributed by atoms with Gasteiger partial charge < -0.3 is 4.90 Å². The Kier molecular flexibility index (Phi) is 9.55. The Balaban J connectivity index is 1.29. The van der Waals surface area contributed by atoms with Gasteiger partial charge in [0, 0.05) is 44.8 Å². The Bertz CT molecular complexity index is 1430. The second-order valence-corrected chi connectivity index (χ2v) is 12.9. The number of piperidine rings is 1. The lowest BCUT2D eigenvalue weighted by Crippen LogP contribution is -2.50. The van der Waals surface area contributed by atoms with E-state index >= 15 is 0 Å². The van der Waals surface area contributed by atoms with Crippen LogP contribution in [0, 0.1) is 6.92 Å². The number of benzene rings is 4. The molecule has 0 N–H and O–H groups in total. The second-order valence-electron chi connectivity index (χ2n) is 11.2. The highest BCUT2D eigenvalue weighted by atomic mass is 32.2. The first-order valence-electron chi connectivity index (χ1n) is 14.6. The van der Waals surface area contributed by atoms with Crippen molar-refractivity contribution in [3.8, 4) is 0 Å². The smallest absolute Gasteiger partial charge is 0.264 e. The minimum atomic E-state index is -3.70. The molecular formula is C35H41N3O2S. The van der Waals surface area contributed by atoms with Gasteiger partial charge in [-0.15, -0.1) is 0 Å². The van der Waals surface area contributed by atoms with Crippen molar-refractivity contribution in [2.24, 2.45) is 0 Å². The summed E-state index contributed by atoms with van der Waals surface area (Å²) >= 11 is 0. The van der Waals surface area contributed by atoms with E-state index in [0.29, 0.717) is 10.9 Å². The van der Waals surface area contributed by atoms with Gasteiger partial charge in [-0.05, 0) is 61.6 Å². The first-order valence-corrected chi connectivity index (χ1v) is 16.0. The molecule has 0 radical (unpaired) electrons. The van der Waals surface area contributed by atoms with Gasteiger partial charge in [0.2, 0.25) is 0 Å². The zero-order valence-electron chi connectivity index (χ0n) is 24.1. The lowest BCUT2D eigenvalue weighted by atomic mass is 10.0. The Morgan fingerprint density at radius 1 is 0.732 bits per heavy atom. The molecule has 4 aromatic rings. The van der Waals surface area contributed by atoms with Crippen molar-refractivity contribution >= 4 is 15.7 Å². The zero-order valence-corrected chi connectivity index (χ0v) is 25.0. The van der Waals surface area contributed by atoms with Crippen molar-refractivity contribution in [3.05, 3.63) is 132 Å². The Hall–Kier alpha value is -3.45. The van der Waals surface area contributed by atoms with Crippen LogP contribution >= 0.6 is 0 Å². The normalized spacial score (nSPS) is 15.6. The van der Waals surface area contributed by atoms with E-state index in [-0.39, 0.29) is 6.04 Å². The van der Waals surface area contributed by atoms with E-state index in [1.165, 1.54) is 11.1 Å². The number of anilines is 1. The maximum Gasteiger partial charge on any atom is 0.264 e. The molecule has 5 nitrogen and oxygen atoms in total. The predicted molar refractivity (Wildman–Crippen MR) is 168 cm³/mol. The molecule has 0 aromatic heterocycles. The van der Waals surface area contributed by atoms with E-state index in [2.05, 4.69) is 77.4 Å². The molecule has 1 fully saturated rings. The number of aryl methyl sites for hydroxylation is 1. The van der Waals surface area contributed by atoms with Crippen LogP contribution < -0.4 is 4.31 Å². The summed E-state index contributed by atoms with van der Waals surface area (Å²) in [6, 6.07) is 38.5. The summed E-state index contributed by atoms with van der Waals surface area (Å²) in [6.45, 7) is 8.65. The molecule has 4 aromatic carbocycles. The fraction of sp³-hybridized carbons (Fsp3) is 0.314. The summed E-state index contributed by atoms with van der Waals surface area (Å²) in [5, 5.41) is 0. The molecule has 41 heavy (non-hydrogen) atoms. The van der Waals surface area contributed by atoms with Crippen LogP contribution in [0.3, 0.4) is 0 Å². The average Bonchev–Trinajstić information content (AvgIpc) is 2.99. The van der Waals surface area contributed by atoms with E-state index in [9.17, 15) is 8.42 Å².